The molecule has 4 atom stereocenters. The summed E-state index contributed by atoms with van der Waals surface area (Å²) in [6.45, 7) is 1.36. The van der Waals surface area contributed by atoms with E-state index in [2.05, 4.69) is 20.9 Å². The summed E-state index contributed by atoms with van der Waals surface area (Å²) >= 11 is 1.47. The van der Waals surface area contributed by atoms with E-state index < -0.39 is 60.2 Å². The number of thioether (sulfide) groups is 1. The van der Waals surface area contributed by atoms with Gasteiger partial charge in [0, 0.05) is 23.5 Å². The lowest BCUT2D eigenvalue weighted by Gasteiger charge is -2.23. The van der Waals surface area contributed by atoms with Crippen LogP contribution in [0.2, 0.25) is 0 Å². The third-order valence-corrected chi connectivity index (χ3v) is 6.35. The highest BCUT2D eigenvalue weighted by Gasteiger charge is 2.28. The number of carboxylic acid groups (broad SMARTS) is 2. The molecular formula is C24H33N5O7S. The average molecular weight is 536 g/mol. The number of aromatic amines is 1. The molecule has 12 nitrogen and oxygen atoms in total. The number of nitrogens with one attached hydrogen (secondary N) is 4. The number of carboxylic acids is 2. The van der Waals surface area contributed by atoms with Crippen molar-refractivity contribution in [3.63, 3.8) is 0 Å². The Balaban J connectivity index is 1.99. The highest BCUT2D eigenvalue weighted by atomic mass is 32.2. The molecule has 1 aromatic heterocycles. The monoisotopic (exact) mass is 535 g/mol. The minimum atomic E-state index is -1.42. The van der Waals surface area contributed by atoms with Crippen molar-refractivity contribution in [1.29, 1.82) is 0 Å². The van der Waals surface area contributed by atoms with Gasteiger partial charge in [0.25, 0.3) is 0 Å². The number of benzene rings is 1. The maximum Gasteiger partial charge on any atom is 0.326 e. The molecule has 0 bridgehead atoms. The predicted octanol–water partition coefficient (Wildman–Crippen LogP) is 0.215. The molecular weight excluding hydrogens is 502 g/mol. The molecule has 2 aromatic rings. The van der Waals surface area contributed by atoms with E-state index in [1.165, 1.54) is 18.7 Å². The summed E-state index contributed by atoms with van der Waals surface area (Å²) in [4.78, 5) is 63.3. The summed E-state index contributed by atoms with van der Waals surface area (Å²) in [6, 6.07) is 3.17. The van der Waals surface area contributed by atoms with Gasteiger partial charge in [-0.05, 0) is 49.8 Å². The second-order valence-electron chi connectivity index (χ2n) is 8.57. The van der Waals surface area contributed by atoms with E-state index >= 15 is 0 Å². The Labute approximate surface area is 218 Å². The molecule has 0 aliphatic carbocycles. The molecule has 1 heterocycles. The Bertz CT molecular complexity index is 1120. The van der Waals surface area contributed by atoms with Crippen molar-refractivity contribution in [2.75, 3.05) is 12.0 Å². The highest BCUT2D eigenvalue weighted by molar-refractivity contribution is 7.98. The minimum absolute atomic E-state index is 0.248. The molecule has 8 N–H and O–H groups in total. The van der Waals surface area contributed by atoms with Crippen molar-refractivity contribution in [1.82, 2.24) is 20.9 Å². The van der Waals surface area contributed by atoms with E-state index in [1.54, 1.807) is 6.20 Å². The van der Waals surface area contributed by atoms with Crippen LogP contribution in [0.3, 0.4) is 0 Å². The van der Waals surface area contributed by atoms with Crippen molar-refractivity contribution in [3.05, 3.63) is 36.0 Å². The van der Waals surface area contributed by atoms with E-state index in [1.807, 2.05) is 30.5 Å². The van der Waals surface area contributed by atoms with Crippen LogP contribution in [0.15, 0.2) is 30.5 Å². The molecule has 13 heteroatoms. The lowest BCUT2D eigenvalue weighted by atomic mass is 10.0. The van der Waals surface area contributed by atoms with Crippen LogP contribution in [-0.2, 0) is 30.4 Å². The van der Waals surface area contributed by atoms with Crippen LogP contribution in [-0.4, -0.2) is 81.0 Å². The topological polar surface area (TPSA) is 204 Å². The second kappa shape index (κ2) is 14.2. The number of nitrogens with two attached hydrogens (primary N) is 1. The van der Waals surface area contributed by atoms with Gasteiger partial charge in [-0.25, -0.2) is 4.79 Å². The molecule has 2 rings (SSSR count). The molecule has 0 aliphatic rings. The smallest absolute Gasteiger partial charge is 0.326 e. The summed E-state index contributed by atoms with van der Waals surface area (Å²) in [5.41, 5.74) is 7.92. The maximum absolute atomic E-state index is 12.9. The number of hydrogen-bond acceptors (Lipinski definition) is 7. The van der Waals surface area contributed by atoms with Gasteiger partial charge in [-0.3, -0.25) is 19.2 Å². The van der Waals surface area contributed by atoms with E-state index in [9.17, 15) is 29.1 Å². The van der Waals surface area contributed by atoms with Crippen LogP contribution < -0.4 is 21.7 Å². The molecule has 37 heavy (non-hydrogen) atoms. The number of H-pyrrole nitrogens is 1. The number of amides is 3. The molecule has 0 saturated carbocycles. The Morgan fingerprint density at radius 3 is 2.30 bits per heavy atom. The number of aromatic nitrogens is 1. The Morgan fingerprint density at radius 2 is 1.65 bits per heavy atom. The first-order valence-corrected chi connectivity index (χ1v) is 13.1. The van der Waals surface area contributed by atoms with Crippen molar-refractivity contribution < 1.29 is 34.2 Å². The quantitative estimate of drug-likeness (QED) is 0.166. The number of aliphatic carboxylic acids is 2. The van der Waals surface area contributed by atoms with Gasteiger partial charge in [0.1, 0.15) is 18.1 Å². The van der Waals surface area contributed by atoms with Gasteiger partial charge in [0.15, 0.2) is 0 Å². The molecule has 1 aromatic carbocycles. The predicted molar refractivity (Wildman–Crippen MR) is 139 cm³/mol. The number of rotatable bonds is 15. The first-order valence-electron chi connectivity index (χ1n) is 11.7. The van der Waals surface area contributed by atoms with E-state index in [4.69, 9.17) is 10.8 Å². The number of hydrogen-bond donors (Lipinski definition) is 7. The largest absolute Gasteiger partial charge is 0.481 e. The van der Waals surface area contributed by atoms with Crippen molar-refractivity contribution in [3.8, 4) is 0 Å². The molecule has 4 unspecified atom stereocenters. The number of para-hydroxylation sites is 1. The first kappa shape index (κ1) is 29.6. The molecule has 0 fully saturated rings. The van der Waals surface area contributed by atoms with Crippen molar-refractivity contribution in [2.24, 2.45) is 5.73 Å². The zero-order valence-electron chi connectivity index (χ0n) is 20.7. The summed E-state index contributed by atoms with van der Waals surface area (Å²) in [7, 11) is 0. The summed E-state index contributed by atoms with van der Waals surface area (Å²) in [5.74, 6) is -3.98. The van der Waals surface area contributed by atoms with E-state index in [0.29, 0.717) is 5.75 Å². The zero-order valence-corrected chi connectivity index (χ0v) is 21.5. The lowest BCUT2D eigenvalue weighted by molar-refractivity contribution is -0.143. The van der Waals surface area contributed by atoms with Crippen LogP contribution in [0.1, 0.15) is 31.7 Å². The summed E-state index contributed by atoms with van der Waals surface area (Å²) in [6.07, 6.45) is 3.41. The fourth-order valence-corrected chi connectivity index (χ4v) is 4.09. The fourth-order valence-electron chi connectivity index (χ4n) is 3.61. The van der Waals surface area contributed by atoms with Crippen LogP contribution in [0.5, 0.6) is 0 Å². The van der Waals surface area contributed by atoms with Crippen molar-refractivity contribution in [2.45, 2.75) is 56.8 Å². The van der Waals surface area contributed by atoms with E-state index in [0.717, 1.165) is 16.5 Å². The van der Waals surface area contributed by atoms with Gasteiger partial charge in [0.2, 0.25) is 17.7 Å². The fraction of sp³-hybridized carbons (Fsp3) is 0.458. The third kappa shape index (κ3) is 9.10. The molecule has 0 spiro atoms. The van der Waals surface area contributed by atoms with Crippen LogP contribution in [0, 0.1) is 0 Å². The summed E-state index contributed by atoms with van der Waals surface area (Å²) in [5, 5.41) is 26.3. The molecule has 0 aliphatic heterocycles. The van der Waals surface area contributed by atoms with Crippen LogP contribution in [0.25, 0.3) is 10.9 Å². The van der Waals surface area contributed by atoms with Gasteiger partial charge in [-0.15, -0.1) is 0 Å². The van der Waals surface area contributed by atoms with Crippen LogP contribution >= 0.6 is 11.8 Å². The zero-order chi connectivity index (χ0) is 27.5. The maximum atomic E-state index is 12.9. The standard InChI is InChI=1S/C24H33N5O7S/c1-13(21(32)29-19(24(35)36)7-8-20(30)31)27-23(34)18(9-10-37-2)28-22(33)16(25)11-14-12-26-17-6-4-3-5-15(14)17/h3-6,12-13,16,18-19,26H,7-11,25H2,1-2H3,(H,27,34)(H,28,33)(H,29,32)(H,30,31)(H,35,36). The molecule has 0 radical (unpaired) electrons. The lowest BCUT2D eigenvalue weighted by Crippen LogP contribution is -2.56. The number of carbonyl (C=O) groups is 5. The van der Waals surface area contributed by atoms with Gasteiger partial charge < -0.3 is 36.9 Å². The molecule has 0 saturated heterocycles. The normalized spacial score (nSPS) is 14.2. The SMILES string of the molecule is CSCCC(NC(=O)C(N)Cc1c[nH]c2ccccc12)C(=O)NC(C)C(=O)NC(CCC(=O)O)C(=O)O. The third-order valence-electron chi connectivity index (χ3n) is 5.71. The summed E-state index contributed by atoms with van der Waals surface area (Å²) < 4.78 is 0. The minimum Gasteiger partial charge on any atom is -0.481 e. The van der Waals surface area contributed by atoms with Gasteiger partial charge >= 0.3 is 11.9 Å². The molecule has 202 valence electrons. The van der Waals surface area contributed by atoms with E-state index in [-0.39, 0.29) is 19.3 Å². The van der Waals surface area contributed by atoms with Gasteiger partial charge in [0.05, 0.1) is 6.04 Å². The number of fused-ring (bicyclic) bond motifs is 1. The van der Waals surface area contributed by atoms with Gasteiger partial charge in [-0.1, -0.05) is 18.2 Å². The Hall–Kier alpha value is -3.58. The van der Waals surface area contributed by atoms with Crippen LogP contribution in [0.4, 0.5) is 0 Å². The highest BCUT2D eigenvalue weighted by Crippen LogP contribution is 2.18. The number of carbonyl (C=O) groups excluding carboxylic acids is 3. The first-order chi connectivity index (χ1) is 17.5. The average Bonchev–Trinajstić information content (AvgIpc) is 3.26. The Kier molecular flexibility index (Phi) is 11.4. The Morgan fingerprint density at radius 1 is 0.973 bits per heavy atom. The van der Waals surface area contributed by atoms with Crippen molar-refractivity contribution >= 4 is 52.3 Å². The van der Waals surface area contributed by atoms with Gasteiger partial charge in [-0.2, -0.15) is 11.8 Å². The molecule has 3 amide bonds. The second-order valence-corrected chi connectivity index (χ2v) is 9.56.